The topological polar surface area (TPSA) is 180 Å². The van der Waals surface area contributed by atoms with Gasteiger partial charge >= 0.3 is 36.9 Å². The van der Waals surface area contributed by atoms with E-state index in [0.29, 0.717) is 21.4 Å². The molecule has 0 radical (unpaired) electrons. The number of para-hydroxylation sites is 1. The Labute approximate surface area is 376 Å². The summed E-state index contributed by atoms with van der Waals surface area (Å²) in [7, 11) is 0.556. The average molecular weight is 903 g/mol. The van der Waals surface area contributed by atoms with E-state index < -0.39 is 72.4 Å². The largest absolute Gasteiger partial charge is 0.496 e. The van der Waals surface area contributed by atoms with Crippen LogP contribution in [0.5, 0.6) is 5.75 Å². The van der Waals surface area contributed by atoms with Gasteiger partial charge < -0.3 is 33.7 Å². The van der Waals surface area contributed by atoms with Gasteiger partial charge in [0, 0.05) is 37.3 Å². The van der Waals surface area contributed by atoms with Crippen molar-refractivity contribution in [2.75, 3.05) is 33.4 Å². The number of Topliss-reactive ketones (excluding diaryl/α,β-unsaturated/α-hetero) is 1. The monoisotopic (exact) mass is 902 g/mol. The number of methoxy groups -OCH3 is 1. The highest BCUT2D eigenvalue weighted by Crippen LogP contribution is 2.66. The minimum atomic E-state index is -1.46. The van der Waals surface area contributed by atoms with E-state index >= 15 is 0 Å². The van der Waals surface area contributed by atoms with Gasteiger partial charge in [-0.1, -0.05) is 56.3 Å². The highest BCUT2D eigenvalue weighted by atomic mass is 32.1. The third kappa shape index (κ3) is 9.73. The van der Waals surface area contributed by atoms with Crippen LogP contribution in [0.25, 0.3) is 0 Å². The maximum absolute atomic E-state index is 15.0. The van der Waals surface area contributed by atoms with Crippen LogP contribution in [0.2, 0.25) is 5.82 Å². The minimum Gasteiger partial charge on any atom is -0.496 e. The van der Waals surface area contributed by atoms with Crippen LogP contribution >= 0.6 is 11.3 Å². The zero-order chi connectivity index (χ0) is 46.1. The summed E-state index contributed by atoms with van der Waals surface area (Å²) in [5.41, 5.74) is 0.291. The summed E-state index contributed by atoms with van der Waals surface area (Å²) in [6.07, 6.45) is 1.21. The van der Waals surface area contributed by atoms with Gasteiger partial charge in [-0.3, -0.25) is 24.1 Å². The maximum Gasteiger partial charge on any atom is 0.461 e. The lowest BCUT2D eigenvalue weighted by molar-refractivity contribution is -0.199. The van der Waals surface area contributed by atoms with Crippen molar-refractivity contribution in [3.63, 3.8) is 0 Å². The molecule has 2 saturated heterocycles. The highest BCUT2D eigenvalue weighted by molar-refractivity contribution is 7.09. The Balaban J connectivity index is 1.19. The van der Waals surface area contributed by atoms with Crippen LogP contribution in [0.15, 0.2) is 53.9 Å². The number of alkyl halides is 1. The molecule has 4 amide bonds. The normalized spacial score (nSPS) is 23.4. The molecule has 3 heterocycles. The minimum absolute atomic E-state index is 0.0294. The summed E-state index contributed by atoms with van der Waals surface area (Å²) in [5.74, 6) is -3.66. The number of hydrogen-bond donors (Lipinski definition) is 1. The number of piperazine rings is 1. The smallest absolute Gasteiger partial charge is 0.461 e. The summed E-state index contributed by atoms with van der Waals surface area (Å²) in [4.78, 5) is 87.5. The van der Waals surface area contributed by atoms with Crippen LogP contribution < -0.4 is 10.1 Å². The van der Waals surface area contributed by atoms with Gasteiger partial charge in [0.25, 0.3) is 0 Å². The van der Waals surface area contributed by atoms with E-state index in [2.05, 4.69) is 31.1 Å². The zero-order valence-electron chi connectivity index (χ0n) is 37.3. The summed E-state index contributed by atoms with van der Waals surface area (Å²) in [5, 5.41) is 4.51. The second kappa shape index (κ2) is 18.7. The van der Waals surface area contributed by atoms with Crippen LogP contribution in [0.1, 0.15) is 99.0 Å². The number of ketones is 1. The Morgan fingerprint density at radius 2 is 1.78 bits per heavy atom. The van der Waals surface area contributed by atoms with E-state index in [1.807, 2.05) is 30.3 Å². The first kappa shape index (κ1) is 46.8. The number of esters is 2. The average Bonchev–Trinajstić information content (AvgIpc) is 3.86. The number of amides is 4. The van der Waals surface area contributed by atoms with Gasteiger partial charge in [0.1, 0.15) is 41.2 Å². The molecule has 2 bridgehead atoms. The number of nitrogens with zero attached hydrogens (tertiary/aromatic N) is 3. The second-order valence-corrected chi connectivity index (χ2v) is 19.7. The van der Waals surface area contributed by atoms with Gasteiger partial charge in [0.05, 0.1) is 30.9 Å². The molecule has 64 heavy (non-hydrogen) atoms. The number of halogens is 1. The summed E-state index contributed by atoms with van der Waals surface area (Å²) >= 11 is 1.09. The number of carbonyl (C=O) groups is 6. The number of urea groups is 1. The number of benzene rings is 2. The van der Waals surface area contributed by atoms with E-state index in [0.717, 1.165) is 34.6 Å². The predicted octanol–water partition coefficient (Wildman–Crippen LogP) is 6.08. The molecule has 1 aromatic heterocycles. The number of carbonyl (C=O) groups excluding carboxylic acids is 6. The molecule has 0 spiro atoms. The molecule has 3 aliphatic carbocycles. The first-order valence-corrected chi connectivity index (χ1v) is 22.6. The second-order valence-electron chi connectivity index (χ2n) is 18.8. The molecule has 5 aliphatic rings. The van der Waals surface area contributed by atoms with Crippen molar-refractivity contribution in [3.05, 3.63) is 81.3 Å². The van der Waals surface area contributed by atoms with E-state index in [-0.39, 0.29) is 79.9 Å². The van der Waals surface area contributed by atoms with Gasteiger partial charge in [0.2, 0.25) is 0 Å². The maximum atomic E-state index is 15.0. The van der Waals surface area contributed by atoms with Gasteiger partial charge in [0.15, 0.2) is 5.78 Å². The molecule has 2 aromatic carbocycles. The fraction of sp³-hybridized carbons (Fsp3) is 0.543. The van der Waals surface area contributed by atoms with Crippen molar-refractivity contribution in [2.24, 2.45) is 17.3 Å². The van der Waals surface area contributed by atoms with Crippen LogP contribution in [0, 0.1) is 17.3 Å². The van der Waals surface area contributed by atoms with Crippen molar-refractivity contribution >= 4 is 54.0 Å². The highest BCUT2D eigenvalue weighted by Gasteiger charge is 2.68. The van der Waals surface area contributed by atoms with Gasteiger partial charge in [-0.25, -0.2) is 19.0 Å². The Morgan fingerprint density at radius 3 is 2.47 bits per heavy atom. The van der Waals surface area contributed by atoms with Gasteiger partial charge in [-0.2, -0.15) is 0 Å². The molecule has 1 unspecified atom stereocenters. The fourth-order valence-electron chi connectivity index (χ4n) is 9.66. The standard InChI is InChI=1S/C46H56BFN4O11S/c1-44(2,3)61-42(57)31-15-11-14-28(39(31)59-7)20-30(47-62-35-22-29-21-34(45(29,4)5)46(35,6)63-47)23-33(53)38(50-43(58)52-19-18-51(17-16-48)40(55)41(52)56)32-26-64-36(49-32)24-37(54)60-25-27-12-9-8-10-13-27/h8-15,26,29-30,34-35,38H,16-25H2,1-7H3,(H,50,58)/t29-,30+,34-,35+,38?,46-/m0/s1. The molecule has 3 saturated carbocycles. The third-order valence-corrected chi connectivity index (χ3v) is 14.0. The predicted molar refractivity (Wildman–Crippen MR) is 233 cm³/mol. The van der Waals surface area contributed by atoms with Crippen LogP contribution in [-0.4, -0.2) is 108 Å². The molecule has 6 atom stereocenters. The molecule has 8 rings (SSSR count). The first-order chi connectivity index (χ1) is 30.3. The van der Waals surface area contributed by atoms with E-state index in [1.54, 1.807) is 44.4 Å². The number of imide groups is 1. The molecule has 18 heteroatoms. The molecular formula is C46H56BFN4O11S. The van der Waals surface area contributed by atoms with Crippen molar-refractivity contribution < 1.29 is 56.7 Å². The lowest BCUT2D eigenvalue weighted by Crippen LogP contribution is -2.65. The third-order valence-electron chi connectivity index (χ3n) is 13.1. The van der Waals surface area contributed by atoms with Crippen molar-refractivity contribution in [1.82, 2.24) is 20.1 Å². The number of thiazole rings is 1. The quantitative estimate of drug-likeness (QED) is 0.0996. The number of nitrogens with one attached hydrogen (secondary N) is 1. The van der Waals surface area contributed by atoms with Gasteiger partial charge in [-0.15, -0.1) is 11.3 Å². The Hall–Kier alpha value is -5.20. The lowest BCUT2D eigenvalue weighted by atomic mass is 9.43. The molecule has 3 aromatic rings. The van der Waals surface area contributed by atoms with Crippen molar-refractivity contribution in [1.29, 1.82) is 0 Å². The van der Waals surface area contributed by atoms with Crippen molar-refractivity contribution in [3.8, 4) is 5.75 Å². The lowest BCUT2D eigenvalue weighted by Gasteiger charge is -2.64. The molecule has 2 aliphatic heterocycles. The zero-order valence-corrected chi connectivity index (χ0v) is 38.2. The fourth-order valence-corrected chi connectivity index (χ4v) is 10.5. The van der Waals surface area contributed by atoms with E-state index in [1.165, 1.54) is 7.11 Å². The Kier molecular flexibility index (Phi) is 13.7. The van der Waals surface area contributed by atoms with E-state index in [9.17, 15) is 33.2 Å². The molecule has 5 fully saturated rings. The van der Waals surface area contributed by atoms with Crippen LogP contribution in [-0.2, 0) is 57.4 Å². The molecule has 342 valence electrons. The number of hydrogen-bond acceptors (Lipinski definition) is 13. The molecular weight excluding hydrogens is 846 g/mol. The number of aromatic nitrogens is 1. The van der Waals surface area contributed by atoms with Gasteiger partial charge in [-0.05, 0) is 81.4 Å². The Bertz CT molecular complexity index is 2270. The molecule has 15 nitrogen and oxygen atoms in total. The van der Waals surface area contributed by atoms with E-state index in [4.69, 9.17) is 23.5 Å². The number of rotatable bonds is 16. The summed E-state index contributed by atoms with van der Waals surface area (Å²) in [6.45, 7) is 10.4. The molecule has 1 N–H and O–H groups in total. The summed E-state index contributed by atoms with van der Waals surface area (Å²) < 4.78 is 43.8. The van der Waals surface area contributed by atoms with Crippen molar-refractivity contribution in [2.45, 2.75) is 109 Å². The van der Waals surface area contributed by atoms with Crippen LogP contribution in [0.3, 0.4) is 0 Å². The van der Waals surface area contributed by atoms with Crippen LogP contribution in [0.4, 0.5) is 9.18 Å². The summed E-state index contributed by atoms with van der Waals surface area (Å²) in [6, 6.07) is 11.8. The number of ether oxygens (including phenoxy) is 3. The SMILES string of the molecule is COc1c(C[C@H](CC(=O)C(NC(=O)N2CCN(CCF)C(=O)C2=O)c2csc(CC(=O)OCc3ccccc3)n2)B2O[C@@H]3C[C@@H]4C[C@@H](C4(C)C)[C@]3(C)O2)cccc1C(=O)OC(C)(C)C. The first-order valence-electron chi connectivity index (χ1n) is 21.7. The Morgan fingerprint density at radius 1 is 1.03 bits per heavy atom.